The van der Waals surface area contributed by atoms with Gasteiger partial charge in [0.2, 0.25) is 0 Å². The fourth-order valence-corrected chi connectivity index (χ4v) is 5.63. The summed E-state index contributed by atoms with van der Waals surface area (Å²) in [6.45, 7) is 9.17. The van der Waals surface area contributed by atoms with E-state index in [2.05, 4.69) is 9.97 Å². The van der Waals surface area contributed by atoms with Gasteiger partial charge < -0.3 is 14.2 Å². The van der Waals surface area contributed by atoms with Gasteiger partial charge in [0.05, 0.1) is 29.6 Å². The summed E-state index contributed by atoms with van der Waals surface area (Å²) in [6.07, 6.45) is 1.83. The molecule has 1 aliphatic heterocycles. The number of thiazole rings is 1. The van der Waals surface area contributed by atoms with E-state index in [4.69, 9.17) is 4.74 Å². The molecule has 1 aromatic carbocycles. The second-order valence-corrected chi connectivity index (χ2v) is 10.1. The van der Waals surface area contributed by atoms with Crippen LogP contribution in [0, 0.1) is 27.7 Å². The highest BCUT2D eigenvalue weighted by molar-refractivity contribution is 7.17. The van der Waals surface area contributed by atoms with Crippen molar-refractivity contribution in [3.63, 3.8) is 0 Å². The lowest BCUT2D eigenvalue weighted by Crippen LogP contribution is -2.29. The maximum atomic E-state index is 13.5. The number of carbonyl (C=O) groups is 3. The number of fused-ring (bicyclic) bond motifs is 1. The number of imidazole rings is 1. The van der Waals surface area contributed by atoms with Crippen molar-refractivity contribution < 1.29 is 24.2 Å². The summed E-state index contributed by atoms with van der Waals surface area (Å²) in [5.41, 5.74) is 4.29. The number of aliphatic hydroxyl groups excluding tert-OH is 1. The zero-order valence-corrected chi connectivity index (χ0v) is 22.4. The second-order valence-electron chi connectivity index (χ2n) is 9.14. The molecule has 1 unspecified atom stereocenters. The number of ether oxygens (including phenoxy) is 1. The fraction of sp³-hybridized carbons (Fsp3) is 0.250. The Bertz CT molecular complexity index is 1650. The third-order valence-electron chi connectivity index (χ3n) is 6.60. The van der Waals surface area contributed by atoms with E-state index in [-0.39, 0.29) is 33.6 Å². The molecule has 194 valence electrons. The summed E-state index contributed by atoms with van der Waals surface area (Å²) < 4.78 is 6.96. The van der Waals surface area contributed by atoms with E-state index in [1.54, 1.807) is 32.9 Å². The minimum atomic E-state index is -0.971. The number of aliphatic hydroxyl groups is 1. The molecule has 1 aliphatic rings. The molecule has 1 fully saturated rings. The monoisotopic (exact) mass is 530 g/mol. The molecule has 0 spiro atoms. The zero-order chi connectivity index (χ0) is 27.3. The molecular weight excluding hydrogens is 504 g/mol. The van der Waals surface area contributed by atoms with Gasteiger partial charge in [0.25, 0.3) is 5.78 Å². The van der Waals surface area contributed by atoms with Crippen LogP contribution in [0.15, 0.2) is 48.2 Å². The lowest BCUT2D eigenvalue weighted by molar-refractivity contribution is -0.132. The molecule has 0 aliphatic carbocycles. The zero-order valence-electron chi connectivity index (χ0n) is 21.6. The number of Topliss-reactive ketones (excluding diaryl/α,β-unsaturated/α-hetero) is 1. The molecule has 1 N–H and O–H groups in total. The Morgan fingerprint density at radius 2 is 1.79 bits per heavy atom. The number of rotatable bonds is 5. The van der Waals surface area contributed by atoms with Crippen molar-refractivity contribution in [3.05, 3.63) is 86.8 Å². The average Bonchev–Trinajstić information content (AvgIpc) is 3.52. The van der Waals surface area contributed by atoms with E-state index in [9.17, 15) is 19.5 Å². The van der Waals surface area contributed by atoms with Crippen LogP contribution >= 0.6 is 11.3 Å². The lowest BCUT2D eigenvalue weighted by Gasteiger charge is -2.23. The van der Waals surface area contributed by atoms with E-state index in [0.29, 0.717) is 22.6 Å². The lowest BCUT2D eigenvalue weighted by atomic mass is 9.96. The summed E-state index contributed by atoms with van der Waals surface area (Å²) in [5.74, 6) is -2.62. The first kappa shape index (κ1) is 25.3. The van der Waals surface area contributed by atoms with Gasteiger partial charge in [0.1, 0.15) is 16.2 Å². The standard InChI is InChI=1S/C28H26N4O5S/c1-6-37-27(36)24-16(4)29-28(38-24)32-21(18-11-9-14(2)10-12-18)19(23(34)26(32)35)22(33)20-17(5)31-13-7-8-15(3)25(31)30-20/h7-13,21,33H,6H2,1-5H3. The SMILES string of the molecule is CCOC(=O)c1sc(N2C(=O)C(=O)C(=C(O)c3nc4c(C)cccn4c3C)C2c2ccc(C)cc2)nc1C. The smallest absolute Gasteiger partial charge is 0.350 e. The topological polar surface area (TPSA) is 114 Å². The third kappa shape index (κ3) is 3.97. The molecule has 1 atom stereocenters. The highest BCUT2D eigenvalue weighted by Crippen LogP contribution is 2.44. The van der Waals surface area contributed by atoms with Crippen LogP contribution in [0.3, 0.4) is 0 Å². The molecule has 5 rings (SSSR count). The van der Waals surface area contributed by atoms with Crippen molar-refractivity contribution in [2.45, 2.75) is 40.7 Å². The number of pyridine rings is 1. The molecule has 0 bridgehead atoms. The first-order chi connectivity index (χ1) is 18.1. The Kier molecular flexibility index (Phi) is 6.36. The summed E-state index contributed by atoms with van der Waals surface area (Å²) in [5, 5.41) is 11.7. The molecule has 0 saturated carbocycles. The number of esters is 1. The molecule has 0 radical (unpaired) electrons. The van der Waals surface area contributed by atoms with Crippen molar-refractivity contribution in [3.8, 4) is 0 Å². The van der Waals surface area contributed by atoms with Gasteiger partial charge in [0, 0.05) is 6.20 Å². The average molecular weight is 531 g/mol. The summed E-state index contributed by atoms with van der Waals surface area (Å²) in [4.78, 5) is 50.0. The minimum absolute atomic E-state index is 0.0893. The summed E-state index contributed by atoms with van der Waals surface area (Å²) in [6, 6.07) is 10.2. The van der Waals surface area contributed by atoms with Gasteiger partial charge in [-0.05, 0) is 51.8 Å². The van der Waals surface area contributed by atoms with E-state index >= 15 is 0 Å². The highest BCUT2D eigenvalue weighted by atomic mass is 32.1. The molecule has 9 nitrogen and oxygen atoms in total. The van der Waals surface area contributed by atoms with Crippen molar-refractivity contribution in [1.29, 1.82) is 0 Å². The van der Waals surface area contributed by atoms with Gasteiger partial charge in [0.15, 0.2) is 10.9 Å². The number of carbonyl (C=O) groups excluding carboxylic acids is 3. The Labute approximate surface area is 223 Å². The maximum absolute atomic E-state index is 13.5. The number of hydrogen-bond donors (Lipinski definition) is 1. The summed E-state index contributed by atoms with van der Waals surface area (Å²) in [7, 11) is 0. The van der Waals surface area contributed by atoms with Gasteiger partial charge in [-0.2, -0.15) is 0 Å². The molecule has 38 heavy (non-hydrogen) atoms. The van der Waals surface area contributed by atoms with E-state index in [0.717, 1.165) is 22.5 Å². The van der Waals surface area contributed by atoms with Gasteiger partial charge >= 0.3 is 11.9 Å². The van der Waals surface area contributed by atoms with Crippen molar-refractivity contribution in [1.82, 2.24) is 14.4 Å². The largest absolute Gasteiger partial charge is 0.505 e. The Hall–Kier alpha value is -4.31. The number of nitrogens with zero attached hydrogens (tertiary/aromatic N) is 4. The highest BCUT2D eigenvalue weighted by Gasteiger charge is 2.49. The van der Waals surface area contributed by atoms with Crippen molar-refractivity contribution in [2.24, 2.45) is 0 Å². The van der Waals surface area contributed by atoms with Crippen LogP contribution < -0.4 is 4.90 Å². The molecule has 4 aromatic rings. The quantitative estimate of drug-likeness (QED) is 0.170. The predicted octanol–water partition coefficient (Wildman–Crippen LogP) is 4.83. The van der Waals surface area contributed by atoms with Gasteiger partial charge in [-0.25, -0.2) is 14.8 Å². The number of anilines is 1. The Morgan fingerprint density at radius 1 is 1.08 bits per heavy atom. The Balaban J connectivity index is 1.73. The van der Waals surface area contributed by atoms with Gasteiger partial charge in [-0.3, -0.25) is 14.5 Å². The molecule has 3 aromatic heterocycles. The van der Waals surface area contributed by atoms with Crippen molar-refractivity contribution in [2.75, 3.05) is 11.5 Å². The van der Waals surface area contributed by atoms with Crippen LogP contribution in [0.25, 0.3) is 11.4 Å². The number of benzene rings is 1. The van der Waals surface area contributed by atoms with Crippen LogP contribution in [-0.4, -0.2) is 43.7 Å². The third-order valence-corrected chi connectivity index (χ3v) is 7.73. The second kappa shape index (κ2) is 9.53. The van der Waals surface area contributed by atoms with E-state index in [1.807, 2.05) is 48.7 Å². The molecule has 10 heteroatoms. The van der Waals surface area contributed by atoms with Crippen LogP contribution in [0.1, 0.15) is 56.4 Å². The summed E-state index contributed by atoms with van der Waals surface area (Å²) >= 11 is 0.974. The Morgan fingerprint density at radius 3 is 2.45 bits per heavy atom. The molecular formula is C28H26N4O5S. The predicted molar refractivity (Wildman–Crippen MR) is 143 cm³/mol. The fourth-order valence-electron chi connectivity index (χ4n) is 4.64. The van der Waals surface area contributed by atoms with E-state index in [1.165, 1.54) is 4.90 Å². The first-order valence-electron chi connectivity index (χ1n) is 12.1. The number of aryl methyl sites for hydroxylation is 4. The molecule has 1 amide bonds. The number of hydrogen-bond acceptors (Lipinski definition) is 8. The first-order valence-corrected chi connectivity index (χ1v) is 12.9. The normalized spacial score (nSPS) is 17.0. The van der Waals surface area contributed by atoms with Crippen LogP contribution in [0.4, 0.5) is 5.13 Å². The van der Waals surface area contributed by atoms with E-state index < -0.39 is 23.7 Å². The minimum Gasteiger partial charge on any atom is -0.505 e. The molecule has 1 saturated heterocycles. The van der Waals surface area contributed by atoms with Crippen LogP contribution in [-0.2, 0) is 14.3 Å². The maximum Gasteiger partial charge on any atom is 0.350 e. The molecule has 4 heterocycles. The van der Waals surface area contributed by atoms with Crippen molar-refractivity contribution >= 4 is 45.5 Å². The number of aromatic nitrogens is 3. The number of amides is 1. The van der Waals surface area contributed by atoms with Crippen LogP contribution in [0.5, 0.6) is 0 Å². The van der Waals surface area contributed by atoms with Crippen LogP contribution in [0.2, 0.25) is 0 Å². The van der Waals surface area contributed by atoms with Gasteiger partial charge in [-0.1, -0.05) is 47.2 Å². The van der Waals surface area contributed by atoms with Gasteiger partial charge in [-0.15, -0.1) is 0 Å². The number of ketones is 1.